The minimum atomic E-state index is -0.199. The van der Waals surface area contributed by atoms with Crippen LogP contribution in [0.5, 0.6) is 5.75 Å². The first-order chi connectivity index (χ1) is 9.90. The zero-order valence-corrected chi connectivity index (χ0v) is 13.2. The van der Waals surface area contributed by atoms with Crippen molar-refractivity contribution >= 4 is 11.8 Å². The monoisotopic (exact) mass is 292 g/mol. The fourth-order valence-electron chi connectivity index (χ4n) is 1.77. The van der Waals surface area contributed by atoms with Crippen molar-refractivity contribution in [1.29, 1.82) is 0 Å². The Balaban J connectivity index is 2.42. The third-order valence-corrected chi connectivity index (χ3v) is 3.06. The summed E-state index contributed by atoms with van der Waals surface area (Å²) in [5.41, 5.74) is 2.19. The summed E-state index contributed by atoms with van der Waals surface area (Å²) in [6.45, 7) is 8.41. The van der Waals surface area contributed by atoms with Crippen LogP contribution in [0.4, 0.5) is 0 Å². The Hall–Kier alpha value is -2.04. The predicted octanol–water partition coefficient (Wildman–Crippen LogP) is 1.75. The minimum Gasteiger partial charge on any atom is -0.483 e. The van der Waals surface area contributed by atoms with E-state index in [0.717, 1.165) is 11.3 Å². The van der Waals surface area contributed by atoms with E-state index in [4.69, 9.17) is 4.74 Å². The molecule has 0 saturated carbocycles. The molecule has 21 heavy (non-hydrogen) atoms. The maximum Gasteiger partial charge on any atom is 0.258 e. The average Bonchev–Trinajstić information content (AvgIpc) is 2.42. The van der Waals surface area contributed by atoms with Gasteiger partial charge in [0.25, 0.3) is 5.91 Å². The van der Waals surface area contributed by atoms with Gasteiger partial charge in [0, 0.05) is 20.0 Å². The molecule has 5 nitrogen and oxygen atoms in total. The number of benzene rings is 1. The molecular weight excluding hydrogens is 268 g/mol. The molecule has 116 valence electrons. The summed E-state index contributed by atoms with van der Waals surface area (Å²) in [5.74, 6) is 0.842. The molecule has 1 aromatic carbocycles. The SMILES string of the molecule is CC(=O)NCCNC(=O)COc1cc(C(C)C)ccc1C. The van der Waals surface area contributed by atoms with Crippen LogP contribution in [-0.4, -0.2) is 31.5 Å². The van der Waals surface area contributed by atoms with Crippen molar-refractivity contribution in [2.45, 2.75) is 33.6 Å². The molecule has 0 fully saturated rings. The lowest BCUT2D eigenvalue weighted by molar-refractivity contribution is -0.123. The van der Waals surface area contributed by atoms with E-state index in [0.29, 0.717) is 19.0 Å². The van der Waals surface area contributed by atoms with Gasteiger partial charge in [0.2, 0.25) is 5.91 Å². The molecule has 0 aromatic heterocycles. The second-order valence-corrected chi connectivity index (χ2v) is 5.30. The van der Waals surface area contributed by atoms with Gasteiger partial charge in [0.05, 0.1) is 0 Å². The van der Waals surface area contributed by atoms with Gasteiger partial charge in [-0.3, -0.25) is 9.59 Å². The van der Waals surface area contributed by atoms with E-state index < -0.39 is 0 Å². The van der Waals surface area contributed by atoms with Crippen LogP contribution in [0.15, 0.2) is 18.2 Å². The van der Waals surface area contributed by atoms with E-state index in [1.54, 1.807) is 0 Å². The zero-order valence-electron chi connectivity index (χ0n) is 13.2. The molecule has 0 bridgehead atoms. The molecule has 0 heterocycles. The van der Waals surface area contributed by atoms with Gasteiger partial charge in [-0.1, -0.05) is 26.0 Å². The quantitative estimate of drug-likeness (QED) is 0.752. The van der Waals surface area contributed by atoms with Crippen LogP contribution < -0.4 is 15.4 Å². The molecule has 1 rings (SSSR count). The molecule has 0 aliphatic carbocycles. The number of hydrogen-bond donors (Lipinski definition) is 2. The molecule has 0 saturated heterocycles. The number of hydrogen-bond acceptors (Lipinski definition) is 3. The molecule has 0 spiro atoms. The van der Waals surface area contributed by atoms with Crippen molar-refractivity contribution in [3.8, 4) is 5.75 Å². The van der Waals surface area contributed by atoms with Crippen molar-refractivity contribution in [2.24, 2.45) is 0 Å². The largest absolute Gasteiger partial charge is 0.483 e. The summed E-state index contributed by atoms with van der Waals surface area (Å²) in [7, 11) is 0. The van der Waals surface area contributed by atoms with Crippen LogP contribution in [0, 0.1) is 6.92 Å². The molecule has 2 amide bonds. The standard InChI is InChI=1S/C16H24N2O3/c1-11(2)14-6-5-12(3)15(9-14)21-10-16(20)18-8-7-17-13(4)19/h5-6,9,11H,7-8,10H2,1-4H3,(H,17,19)(H,18,20). The highest BCUT2D eigenvalue weighted by Gasteiger charge is 2.07. The first-order valence-corrected chi connectivity index (χ1v) is 7.14. The first-order valence-electron chi connectivity index (χ1n) is 7.14. The van der Waals surface area contributed by atoms with Gasteiger partial charge in [-0.05, 0) is 30.0 Å². The summed E-state index contributed by atoms with van der Waals surface area (Å²) in [4.78, 5) is 22.3. The van der Waals surface area contributed by atoms with Crippen LogP contribution in [0.2, 0.25) is 0 Å². The number of amides is 2. The molecule has 0 aliphatic heterocycles. The van der Waals surface area contributed by atoms with Crippen molar-refractivity contribution < 1.29 is 14.3 Å². The highest BCUT2D eigenvalue weighted by atomic mass is 16.5. The Kier molecular flexibility index (Phi) is 6.72. The maximum absolute atomic E-state index is 11.6. The Morgan fingerprint density at radius 1 is 1.19 bits per heavy atom. The van der Waals surface area contributed by atoms with Crippen LogP contribution in [0.1, 0.15) is 37.8 Å². The van der Waals surface area contributed by atoms with Gasteiger partial charge >= 0.3 is 0 Å². The normalized spacial score (nSPS) is 10.3. The lowest BCUT2D eigenvalue weighted by Crippen LogP contribution is -2.36. The number of ether oxygens (including phenoxy) is 1. The van der Waals surface area contributed by atoms with E-state index in [1.807, 2.05) is 19.1 Å². The van der Waals surface area contributed by atoms with Gasteiger partial charge in [-0.2, -0.15) is 0 Å². The van der Waals surface area contributed by atoms with Crippen molar-refractivity contribution in [3.05, 3.63) is 29.3 Å². The van der Waals surface area contributed by atoms with E-state index in [-0.39, 0.29) is 18.4 Å². The van der Waals surface area contributed by atoms with Gasteiger partial charge in [0.1, 0.15) is 5.75 Å². The second kappa shape index (κ2) is 8.29. The Morgan fingerprint density at radius 3 is 2.48 bits per heavy atom. The highest BCUT2D eigenvalue weighted by molar-refractivity contribution is 5.77. The zero-order chi connectivity index (χ0) is 15.8. The summed E-state index contributed by atoms with van der Waals surface area (Å²) in [6, 6.07) is 6.05. The fraction of sp³-hybridized carbons (Fsp3) is 0.500. The molecule has 2 N–H and O–H groups in total. The molecule has 0 unspecified atom stereocenters. The molecule has 5 heteroatoms. The van der Waals surface area contributed by atoms with Crippen LogP contribution in [0.3, 0.4) is 0 Å². The number of rotatable bonds is 7. The van der Waals surface area contributed by atoms with Crippen LogP contribution >= 0.6 is 0 Å². The maximum atomic E-state index is 11.6. The van der Waals surface area contributed by atoms with Crippen molar-refractivity contribution in [3.63, 3.8) is 0 Å². The molecular formula is C16H24N2O3. The van der Waals surface area contributed by atoms with E-state index >= 15 is 0 Å². The molecule has 1 aromatic rings. The average molecular weight is 292 g/mol. The lowest BCUT2D eigenvalue weighted by atomic mass is 10.0. The van der Waals surface area contributed by atoms with Gasteiger partial charge < -0.3 is 15.4 Å². The third-order valence-electron chi connectivity index (χ3n) is 3.06. The fourth-order valence-corrected chi connectivity index (χ4v) is 1.77. The Bertz CT molecular complexity index is 498. The molecule has 0 radical (unpaired) electrons. The van der Waals surface area contributed by atoms with Gasteiger partial charge in [-0.25, -0.2) is 0 Å². The summed E-state index contributed by atoms with van der Waals surface area (Å²) < 4.78 is 5.57. The van der Waals surface area contributed by atoms with Crippen LogP contribution in [0.25, 0.3) is 0 Å². The number of aryl methyl sites for hydroxylation is 1. The van der Waals surface area contributed by atoms with E-state index in [1.165, 1.54) is 12.5 Å². The number of nitrogens with one attached hydrogen (secondary N) is 2. The van der Waals surface area contributed by atoms with Crippen LogP contribution in [-0.2, 0) is 9.59 Å². The van der Waals surface area contributed by atoms with E-state index in [2.05, 4.69) is 30.5 Å². The van der Waals surface area contributed by atoms with Crippen molar-refractivity contribution in [2.75, 3.05) is 19.7 Å². The molecule has 0 atom stereocenters. The Morgan fingerprint density at radius 2 is 1.86 bits per heavy atom. The van der Waals surface area contributed by atoms with Crippen molar-refractivity contribution in [1.82, 2.24) is 10.6 Å². The number of carbonyl (C=O) groups excluding carboxylic acids is 2. The highest BCUT2D eigenvalue weighted by Crippen LogP contribution is 2.24. The minimum absolute atomic E-state index is 0.0253. The van der Waals surface area contributed by atoms with Gasteiger partial charge in [-0.15, -0.1) is 0 Å². The van der Waals surface area contributed by atoms with Gasteiger partial charge in [0.15, 0.2) is 6.61 Å². The smallest absolute Gasteiger partial charge is 0.258 e. The van der Waals surface area contributed by atoms with E-state index in [9.17, 15) is 9.59 Å². The summed E-state index contributed by atoms with van der Waals surface area (Å²) in [6.07, 6.45) is 0. The summed E-state index contributed by atoms with van der Waals surface area (Å²) >= 11 is 0. The molecule has 0 aliphatic rings. The summed E-state index contributed by atoms with van der Waals surface area (Å²) in [5, 5.41) is 5.30. The topological polar surface area (TPSA) is 67.4 Å². The number of carbonyl (C=O) groups is 2. The third kappa shape index (κ3) is 6.29. The Labute approximate surface area is 126 Å². The second-order valence-electron chi connectivity index (χ2n) is 5.30. The first kappa shape index (κ1) is 17.0. The predicted molar refractivity (Wildman–Crippen MR) is 82.5 cm³/mol. The lowest BCUT2D eigenvalue weighted by Gasteiger charge is -2.13.